The first-order valence-corrected chi connectivity index (χ1v) is 9.64. The fraction of sp³-hybridized carbons (Fsp3) is 0.421. The third-order valence-electron chi connectivity index (χ3n) is 4.43. The second-order valence-electron chi connectivity index (χ2n) is 6.41. The lowest BCUT2D eigenvalue weighted by Crippen LogP contribution is -2.13. The van der Waals surface area contributed by atoms with E-state index in [1.807, 2.05) is 22.9 Å². The number of carboxylic acids is 2. The van der Waals surface area contributed by atoms with Crippen LogP contribution in [0, 0.1) is 0 Å². The Kier molecular flexibility index (Phi) is 7.86. The average molecular weight is 429 g/mol. The summed E-state index contributed by atoms with van der Waals surface area (Å²) in [7, 11) is 0. The molecule has 1 aliphatic rings. The molecule has 1 fully saturated rings. The van der Waals surface area contributed by atoms with Crippen LogP contribution in [-0.4, -0.2) is 31.7 Å². The van der Waals surface area contributed by atoms with E-state index in [2.05, 4.69) is 11.9 Å². The zero-order valence-electron chi connectivity index (χ0n) is 15.3. The smallest absolute Gasteiger partial charge is 0.414 e. The minimum atomic E-state index is -1.82. The molecule has 0 radical (unpaired) electrons. The molecule has 1 saturated heterocycles. The number of epoxide rings is 1. The number of ether oxygens (including phenoxy) is 1. The van der Waals surface area contributed by atoms with E-state index in [-0.39, 0.29) is 11.8 Å². The number of halogens is 2. The molecule has 2 atom stereocenters. The molecule has 0 aliphatic carbocycles. The van der Waals surface area contributed by atoms with Crippen LogP contribution < -0.4 is 0 Å². The number of unbranched alkanes of at least 4 members (excludes halogenated alkanes) is 3. The van der Waals surface area contributed by atoms with Crippen molar-refractivity contribution < 1.29 is 24.5 Å². The molecular formula is C19H22Cl2N2O5. The van der Waals surface area contributed by atoms with Gasteiger partial charge in [-0.3, -0.25) is 0 Å². The van der Waals surface area contributed by atoms with Crippen molar-refractivity contribution in [2.24, 2.45) is 0 Å². The molecule has 28 heavy (non-hydrogen) atoms. The van der Waals surface area contributed by atoms with E-state index in [4.69, 9.17) is 47.7 Å². The first kappa shape index (κ1) is 22.2. The first-order chi connectivity index (χ1) is 13.3. The van der Waals surface area contributed by atoms with Gasteiger partial charge in [0.1, 0.15) is 5.60 Å². The van der Waals surface area contributed by atoms with Crippen LogP contribution in [0.3, 0.4) is 0 Å². The van der Waals surface area contributed by atoms with Crippen LogP contribution in [0.4, 0.5) is 0 Å². The van der Waals surface area contributed by atoms with Gasteiger partial charge in [-0.1, -0.05) is 61.9 Å². The van der Waals surface area contributed by atoms with Crippen molar-refractivity contribution >= 4 is 35.1 Å². The molecule has 0 unspecified atom stereocenters. The Morgan fingerprint density at radius 3 is 2.46 bits per heavy atom. The Balaban J connectivity index is 0.000000409. The summed E-state index contributed by atoms with van der Waals surface area (Å²) >= 11 is 12.5. The fourth-order valence-corrected chi connectivity index (χ4v) is 3.60. The van der Waals surface area contributed by atoms with Crippen molar-refractivity contribution in [3.8, 4) is 0 Å². The first-order valence-electron chi connectivity index (χ1n) is 8.88. The van der Waals surface area contributed by atoms with Gasteiger partial charge in [0.2, 0.25) is 0 Å². The summed E-state index contributed by atoms with van der Waals surface area (Å²) in [6.45, 7) is 2.22. The van der Waals surface area contributed by atoms with E-state index in [0.29, 0.717) is 10.0 Å². The van der Waals surface area contributed by atoms with Gasteiger partial charge in [-0.25, -0.2) is 14.6 Å². The predicted octanol–water partition coefficient (Wildman–Crippen LogP) is 4.74. The minimum absolute atomic E-state index is 0.0321. The van der Waals surface area contributed by atoms with E-state index in [1.165, 1.54) is 19.3 Å². The molecule has 0 amide bonds. The summed E-state index contributed by atoms with van der Waals surface area (Å²) in [5.41, 5.74) is 0.671. The Morgan fingerprint density at radius 1 is 1.21 bits per heavy atom. The second-order valence-corrected chi connectivity index (χ2v) is 7.26. The molecule has 1 aromatic carbocycles. The lowest BCUT2D eigenvalue weighted by molar-refractivity contribution is -0.159. The maximum atomic E-state index is 9.10. The van der Waals surface area contributed by atoms with E-state index in [0.717, 1.165) is 18.4 Å². The Bertz CT molecular complexity index is 801. The maximum absolute atomic E-state index is 9.10. The summed E-state index contributed by atoms with van der Waals surface area (Å²) in [6, 6.07) is 5.66. The number of hydrogen-bond donors (Lipinski definition) is 2. The summed E-state index contributed by atoms with van der Waals surface area (Å²) in [6.07, 6.45) is 11.2. The molecule has 2 aromatic rings. The van der Waals surface area contributed by atoms with Crippen LogP contribution in [0.5, 0.6) is 0 Å². The number of rotatable bonds is 7. The van der Waals surface area contributed by atoms with Gasteiger partial charge in [-0.2, -0.15) is 0 Å². The molecule has 2 heterocycles. The van der Waals surface area contributed by atoms with E-state index < -0.39 is 11.9 Å². The average Bonchev–Trinajstić information content (AvgIpc) is 3.11. The normalized spacial score (nSPS) is 20.2. The van der Waals surface area contributed by atoms with Gasteiger partial charge >= 0.3 is 11.9 Å². The van der Waals surface area contributed by atoms with Gasteiger partial charge < -0.3 is 19.5 Å². The van der Waals surface area contributed by atoms with Crippen LogP contribution in [0.25, 0.3) is 0 Å². The topological polar surface area (TPSA) is 105 Å². The highest BCUT2D eigenvalue weighted by molar-refractivity contribution is 6.35. The van der Waals surface area contributed by atoms with Gasteiger partial charge in [-0.05, 0) is 18.6 Å². The zero-order valence-corrected chi connectivity index (χ0v) is 16.9. The van der Waals surface area contributed by atoms with Gasteiger partial charge in [0.15, 0.2) is 6.23 Å². The van der Waals surface area contributed by atoms with Crippen LogP contribution >= 0.6 is 23.2 Å². The second kappa shape index (κ2) is 9.91. The van der Waals surface area contributed by atoms with Crippen molar-refractivity contribution in [2.45, 2.75) is 50.9 Å². The Hall–Kier alpha value is -2.09. The van der Waals surface area contributed by atoms with Gasteiger partial charge in [0.05, 0.1) is 6.33 Å². The number of aliphatic carboxylic acids is 2. The van der Waals surface area contributed by atoms with Crippen molar-refractivity contribution in [2.75, 3.05) is 0 Å². The lowest BCUT2D eigenvalue weighted by atomic mass is 9.91. The fourth-order valence-electron chi connectivity index (χ4n) is 3.04. The van der Waals surface area contributed by atoms with E-state index in [9.17, 15) is 0 Å². The molecular weight excluding hydrogens is 407 g/mol. The molecule has 1 aliphatic heterocycles. The van der Waals surface area contributed by atoms with Crippen molar-refractivity contribution in [1.82, 2.24) is 9.55 Å². The number of hydrogen-bond acceptors (Lipinski definition) is 4. The standard InChI is InChI=1S/C17H20Cl2N2O.C2H2O4/c1-2-3-4-5-8-17(14-7-6-13(18)11-15(14)19)16(22-17)21-10-9-20-12-21;3-1(4)2(5)6/h6-7,9-12,16H,2-5,8H2,1H3;(H,3,4)(H,5,6)/t16-,17+;/m0./s1. The van der Waals surface area contributed by atoms with Gasteiger partial charge in [-0.15, -0.1) is 0 Å². The van der Waals surface area contributed by atoms with Crippen LogP contribution in [0.15, 0.2) is 36.9 Å². The number of carboxylic acid groups (broad SMARTS) is 2. The Labute approximate surface area is 172 Å². The highest BCUT2D eigenvalue weighted by atomic mass is 35.5. The zero-order chi connectivity index (χ0) is 20.7. The number of benzene rings is 1. The van der Waals surface area contributed by atoms with Crippen LogP contribution in [0.1, 0.15) is 50.8 Å². The lowest BCUT2D eigenvalue weighted by Gasteiger charge is -2.15. The molecule has 2 N–H and O–H groups in total. The molecule has 3 rings (SSSR count). The number of carbonyl (C=O) groups is 2. The van der Waals surface area contributed by atoms with Crippen molar-refractivity contribution in [3.63, 3.8) is 0 Å². The monoisotopic (exact) mass is 428 g/mol. The van der Waals surface area contributed by atoms with E-state index >= 15 is 0 Å². The summed E-state index contributed by atoms with van der Waals surface area (Å²) in [4.78, 5) is 22.3. The predicted molar refractivity (Wildman–Crippen MR) is 105 cm³/mol. The third-order valence-corrected chi connectivity index (χ3v) is 4.98. The summed E-state index contributed by atoms with van der Waals surface area (Å²) < 4.78 is 8.14. The molecule has 7 nitrogen and oxygen atoms in total. The van der Waals surface area contributed by atoms with Crippen molar-refractivity contribution in [1.29, 1.82) is 0 Å². The number of nitrogens with zero attached hydrogens (tertiary/aromatic N) is 2. The van der Waals surface area contributed by atoms with E-state index in [1.54, 1.807) is 18.6 Å². The molecule has 0 bridgehead atoms. The third kappa shape index (κ3) is 5.47. The molecule has 0 saturated carbocycles. The number of aromatic nitrogens is 2. The Morgan fingerprint density at radius 2 is 1.93 bits per heavy atom. The van der Waals surface area contributed by atoms with Gasteiger partial charge in [0, 0.05) is 28.0 Å². The SMILES string of the molecule is CCCCCC[C@]1(c2ccc(Cl)cc2Cl)O[C@@H]1n1ccnc1.O=C(O)C(=O)O. The largest absolute Gasteiger partial charge is 0.473 e. The highest BCUT2D eigenvalue weighted by Crippen LogP contribution is 2.58. The van der Waals surface area contributed by atoms with Gasteiger partial charge in [0.25, 0.3) is 0 Å². The highest BCUT2D eigenvalue weighted by Gasteiger charge is 2.59. The maximum Gasteiger partial charge on any atom is 0.414 e. The van der Waals surface area contributed by atoms with Crippen LogP contribution in [0.2, 0.25) is 10.0 Å². The summed E-state index contributed by atoms with van der Waals surface area (Å²) in [5.74, 6) is -3.65. The molecule has 1 aromatic heterocycles. The molecule has 152 valence electrons. The van der Waals surface area contributed by atoms with Crippen molar-refractivity contribution in [3.05, 3.63) is 52.5 Å². The summed E-state index contributed by atoms with van der Waals surface area (Å²) in [5, 5.41) is 16.1. The molecule has 9 heteroatoms. The number of imidazole rings is 1. The van der Waals surface area contributed by atoms with Crippen LogP contribution in [-0.2, 0) is 19.9 Å². The quantitative estimate of drug-likeness (QED) is 0.374. The molecule has 0 spiro atoms. The minimum Gasteiger partial charge on any atom is -0.473 e.